The van der Waals surface area contributed by atoms with E-state index < -0.39 is 27.4 Å². The quantitative estimate of drug-likeness (QED) is 0.366. The summed E-state index contributed by atoms with van der Waals surface area (Å²) in [5.74, 6) is -0.709. The number of benzene rings is 3. The lowest BCUT2D eigenvalue weighted by molar-refractivity contribution is -0.384. The SMILES string of the molecule is Cc1ccc([N+](=O)[O-])cc1NC(=O)CN(c1ccc(Cl)cc1Cl)S(=O)(=O)c1ccccc1. The van der Waals surface area contributed by atoms with Crippen LogP contribution in [0.25, 0.3) is 0 Å². The van der Waals surface area contributed by atoms with Crippen molar-refractivity contribution in [1.82, 2.24) is 0 Å². The van der Waals surface area contributed by atoms with E-state index in [1.165, 1.54) is 48.5 Å². The van der Waals surface area contributed by atoms with Crippen molar-refractivity contribution < 1.29 is 18.1 Å². The summed E-state index contributed by atoms with van der Waals surface area (Å²) < 4.78 is 27.5. The highest BCUT2D eigenvalue weighted by Gasteiger charge is 2.29. The van der Waals surface area contributed by atoms with E-state index in [1.807, 2.05) is 0 Å². The maximum atomic E-state index is 13.3. The predicted octanol–water partition coefficient (Wildman–Crippen LogP) is 5.04. The first-order valence-corrected chi connectivity index (χ1v) is 11.4. The third-order valence-corrected chi connectivity index (χ3v) is 6.81. The Labute approximate surface area is 194 Å². The van der Waals surface area contributed by atoms with Gasteiger partial charge in [0.25, 0.3) is 15.7 Å². The van der Waals surface area contributed by atoms with Crippen molar-refractivity contribution in [2.45, 2.75) is 11.8 Å². The number of nitro groups is 1. The molecule has 3 aromatic carbocycles. The molecule has 0 spiro atoms. The molecule has 3 aromatic rings. The predicted molar refractivity (Wildman–Crippen MR) is 124 cm³/mol. The van der Waals surface area contributed by atoms with Gasteiger partial charge in [-0.15, -0.1) is 0 Å². The maximum absolute atomic E-state index is 13.3. The zero-order chi connectivity index (χ0) is 23.5. The summed E-state index contributed by atoms with van der Waals surface area (Å²) >= 11 is 12.2. The molecule has 0 aliphatic carbocycles. The largest absolute Gasteiger partial charge is 0.324 e. The van der Waals surface area contributed by atoms with Gasteiger partial charge in [-0.2, -0.15) is 0 Å². The monoisotopic (exact) mass is 493 g/mol. The first-order valence-electron chi connectivity index (χ1n) is 9.17. The van der Waals surface area contributed by atoms with Gasteiger partial charge in [-0.25, -0.2) is 8.42 Å². The van der Waals surface area contributed by atoms with Crippen LogP contribution in [0.15, 0.2) is 71.6 Å². The molecule has 0 unspecified atom stereocenters. The minimum absolute atomic E-state index is 0.0367. The number of halogens is 2. The summed E-state index contributed by atoms with van der Waals surface area (Å²) in [4.78, 5) is 23.3. The molecule has 0 aliphatic heterocycles. The highest BCUT2D eigenvalue weighted by molar-refractivity contribution is 7.92. The van der Waals surface area contributed by atoms with E-state index in [0.29, 0.717) is 10.6 Å². The van der Waals surface area contributed by atoms with Crippen molar-refractivity contribution in [1.29, 1.82) is 0 Å². The highest BCUT2D eigenvalue weighted by Crippen LogP contribution is 2.33. The number of amides is 1. The number of carbonyl (C=O) groups is 1. The van der Waals surface area contributed by atoms with Gasteiger partial charge < -0.3 is 5.32 Å². The molecule has 0 saturated heterocycles. The second-order valence-electron chi connectivity index (χ2n) is 6.72. The smallest absolute Gasteiger partial charge is 0.271 e. The molecular weight excluding hydrogens is 477 g/mol. The Morgan fingerprint density at radius 1 is 1.06 bits per heavy atom. The summed E-state index contributed by atoms with van der Waals surface area (Å²) in [6, 6.07) is 15.8. The van der Waals surface area contributed by atoms with Crippen LogP contribution in [0.3, 0.4) is 0 Å². The number of nitrogens with zero attached hydrogens (tertiary/aromatic N) is 2. The molecule has 0 atom stereocenters. The number of aryl methyl sites for hydroxylation is 1. The van der Waals surface area contributed by atoms with Gasteiger partial charge in [0.1, 0.15) is 6.54 Å². The number of hydrogen-bond donors (Lipinski definition) is 1. The second kappa shape index (κ2) is 9.56. The Balaban J connectivity index is 1.99. The molecular formula is C21H17Cl2N3O5S. The number of nitro benzene ring substituents is 1. The van der Waals surface area contributed by atoms with Gasteiger partial charge in [-0.05, 0) is 42.8 Å². The van der Waals surface area contributed by atoms with E-state index in [2.05, 4.69) is 5.32 Å². The molecule has 0 aromatic heterocycles. The minimum atomic E-state index is -4.17. The topological polar surface area (TPSA) is 110 Å². The molecule has 8 nitrogen and oxygen atoms in total. The number of hydrogen-bond acceptors (Lipinski definition) is 5. The molecule has 0 saturated carbocycles. The van der Waals surface area contributed by atoms with Gasteiger partial charge in [0.2, 0.25) is 5.91 Å². The van der Waals surface area contributed by atoms with E-state index in [-0.39, 0.29) is 27.0 Å². The normalized spacial score (nSPS) is 11.1. The summed E-state index contributed by atoms with van der Waals surface area (Å²) in [6.45, 7) is 1.04. The van der Waals surface area contributed by atoms with E-state index in [4.69, 9.17) is 23.2 Å². The fourth-order valence-corrected chi connectivity index (χ4v) is 4.90. The standard InChI is InChI=1S/C21H17Cl2N3O5S/c1-14-7-9-16(26(28)29)12-19(14)24-21(27)13-25(20-10-8-15(22)11-18(20)23)32(30,31)17-5-3-2-4-6-17/h2-12H,13H2,1H3,(H,24,27). The second-order valence-corrected chi connectivity index (χ2v) is 9.43. The molecule has 0 heterocycles. The average Bonchev–Trinajstić information content (AvgIpc) is 2.74. The molecule has 1 N–H and O–H groups in total. The lowest BCUT2D eigenvalue weighted by Crippen LogP contribution is -2.38. The first-order chi connectivity index (χ1) is 15.1. The van der Waals surface area contributed by atoms with Gasteiger partial charge in [0, 0.05) is 17.2 Å². The molecule has 11 heteroatoms. The van der Waals surface area contributed by atoms with Crippen LogP contribution in [0.2, 0.25) is 10.0 Å². The van der Waals surface area contributed by atoms with Crippen LogP contribution in [0.1, 0.15) is 5.56 Å². The lowest BCUT2D eigenvalue weighted by Gasteiger charge is -2.25. The van der Waals surface area contributed by atoms with Gasteiger partial charge in [0.15, 0.2) is 0 Å². The van der Waals surface area contributed by atoms with E-state index in [1.54, 1.807) is 25.1 Å². The zero-order valence-electron chi connectivity index (χ0n) is 16.7. The van der Waals surface area contributed by atoms with Gasteiger partial charge in [-0.1, -0.05) is 47.5 Å². The van der Waals surface area contributed by atoms with E-state index in [9.17, 15) is 23.3 Å². The molecule has 0 bridgehead atoms. The summed E-state index contributed by atoms with van der Waals surface area (Å²) in [6.07, 6.45) is 0. The van der Waals surface area contributed by atoms with Gasteiger partial charge in [0.05, 0.1) is 26.2 Å². The number of rotatable bonds is 7. The number of nitrogens with one attached hydrogen (secondary N) is 1. The first kappa shape index (κ1) is 23.5. The highest BCUT2D eigenvalue weighted by atomic mass is 35.5. The summed E-state index contributed by atoms with van der Waals surface area (Å²) in [5.41, 5.74) is 0.626. The van der Waals surface area contributed by atoms with Crippen molar-refractivity contribution in [3.05, 3.63) is 92.5 Å². The van der Waals surface area contributed by atoms with Crippen molar-refractivity contribution in [2.75, 3.05) is 16.2 Å². The van der Waals surface area contributed by atoms with Crippen LogP contribution in [0, 0.1) is 17.0 Å². The summed E-state index contributed by atoms with van der Waals surface area (Å²) in [5, 5.41) is 13.9. The fraction of sp³-hybridized carbons (Fsp3) is 0.0952. The number of anilines is 2. The van der Waals surface area contributed by atoms with Gasteiger partial charge >= 0.3 is 0 Å². The van der Waals surface area contributed by atoms with Gasteiger partial charge in [-0.3, -0.25) is 19.2 Å². The Hall–Kier alpha value is -3.14. The fourth-order valence-electron chi connectivity index (χ4n) is 2.88. The van der Waals surface area contributed by atoms with Crippen molar-refractivity contribution in [3.63, 3.8) is 0 Å². The third kappa shape index (κ3) is 5.18. The van der Waals surface area contributed by atoms with Crippen LogP contribution in [0.5, 0.6) is 0 Å². The van der Waals surface area contributed by atoms with Crippen LogP contribution in [0.4, 0.5) is 17.1 Å². The van der Waals surface area contributed by atoms with Crippen LogP contribution >= 0.6 is 23.2 Å². The molecule has 1 amide bonds. The minimum Gasteiger partial charge on any atom is -0.324 e. The number of non-ortho nitro benzene ring substituents is 1. The third-order valence-electron chi connectivity index (χ3n) is 4.50. The maximum Gasteiger partial charge on any atom is 0.271 e. The summed E-state index contributed by atoms with van der Waals surface area (Å²) in [7, 11) is -4.17. The number of sulfonamides is 1. The van der Waals surface area contributed by atoms with Crippen LogP contribution in [-0.2, 0) is 14.8 Å². The average molecular weight is 494 g/mol. The molecule has 166 valence electrons. The van der Waals surface area contributed by atoms with Crippen LogP contribution in [-0.4, -0.2) is 25.8 Å². The van der Waals surface area contributed by atoms with Crippen molar-refractivity contribution in [3.8, 4) is 0 Å². The lowest BCUT2D eigenvalue weighted by atomic mass is 10.2. The molecule has 32 heavy (non-hydrogen) atoms. The van der Waals surface area contributed by atoms with Crippen LogP contribution < -0.4 is 9.62 Å². The van der Waals surface area contributed by atoms with Crippen molar-refractivity contribution in [2.24, 2.45) is 0 Å². The zero-order valence-corrected chi connectivity index (χ0v) is 19.0. The van der Waals surface area contributed by atoms with E-state index in [0.717, 1.165) is 4.31 Å². The Morgan fingerprint density at radius 2 is 1.75 bits per heavy atom. The molecule has 3 rings (SSSR count). The number of carbonyl (C=O) groups excluding carboxylic acids is 1. The van der Waals surface area contributed by atoms with E-state index >= 15 is 0 Å². The Morgan fingerprint density at radius 3 is 2.38 bits per heavy atom. The molecule has 0 fully saturated rings. The van der Waals surface area contributed by atoms with Crippen molar-refractivity contribution >= 4 is 56.2 Å². The molecule has 0 aliphatic rings. The Kier molecular flexibility index (Phi) is 7.02. The molecule has 0 radical (unpaired) electrons. The Bertz CT molecular complexity index is 1280.